The molecule has 3 rings (SSSR count). The Labute approximate surface area is 131 Å². The molecule has 7 heteroatoms. The van der Waals surface area contributed by atoms with Crippen molar-refractivity contribution >= 4 is 28.9 Å². The number of fused-ring (bicyclic) bond motifs is 1. The summed E-state index contributed by atoms with van der Waals surface area (Å²) in [5.41, 5.74) is 0.673. The molecule has 0 radical (unpaired) electrons. The molecule has 1 saturated heterocycles. The SMILES string of the molecule is COC(=O)c1ccc2cc(C(=O)O)ccc2c1.O=C1OCCO1. The molecule has 1 aliphatic heterocycles. The van der Waals surface area contributed by atoms with Crippen molar-refractivity contribution in [2.45, 2.75) is 0 Å². The van der Waals surface area contributed by atoms with Crippen molar-refractivity contribution in [2.75, 3.05) is 20.3 Å². The van der Waals surface area contributed by atoms with E-state index in [0.29, 0.717) is 18.8 Å². The predicted octanol–water partition coefficient (Wildman–Crippen LogP) is 2.48. The highest BCUT2D eigenvalue weighted by Gasteiger charge is 2.09. The van der Waals surface area contributed by atoms with Gasteiger partial charge < -0.3 is 19.3 Å². The Morgan fingerprint density at radius 1 is 1.00 bits per heavy atom. The molecule has 0 unspecified atom stereocenters. The first-order valence-corrected chi connectivity index (χ1v) is 6.66. The summed E-state index contributed by atoms with van der Waals surface area (Å²) in [4.78, 5) is 31.9. The van der Waals surface area contributed by atoms with Crippen LogP contribution in [0.4, 0.5) is 4.79 Å². The average Bonchev–Trinajstić information content (AvgIpc) is 3.04. The normalized spacial score (nSPS) is 12.7. The summed E-state index contributed by atoms with van der Waals surface area (Å²) >= 11 is 0. The zero-order valence-corrected chi connectivity index (χ0v) is 12.3. The molecule has 1 N–H and O–H groups in total. The molecule has 23 heavy (non-hydrogen) atoms. The highest BCUT2D eigenvalue weighted by Crippen LogP contribution is 2.18. The van der Waals surface area contributed by atoms with Gasteiger partial charge in [-0.3, -0.25) is 0 Å². The van der Waals surface area contributed by atoms with E-state index >= 15 is 0 Å². The van der Waals surface area contributed by atoms with Gasteiger partial charge in [0, 0.05) is 0 Å². The number of hydrogen-bond acceptors (Lipinski definition) is 6. The summed E-state index contributed by atoms with van der Waals surface area (Å²) < 4.78 is 13.2. The van der Waals surface area contributed by atoms with E-state index in [4.69, 9.17) is 5.11 Å². The van der Waals surface area contributed by atoms with Crippen molar-refractivity contribution in [3.8, 4) is 0 Å². The van der Waals surface area contributed by atoms with E-state index in [1.807, 2.05) is 0 Å². The molecular formula is C16H14O7. The first-order valence-electron chi connectivity index (χ1n) is 6.66. The number of carbonyl (C=O) groups excluding carboxylic acids is 2. The van der Waals surface area contributed by atoms with Crippen molar-refractivity contribution in [1.82, 2.24) is 0 Å². The lowest BCUT2D eigenvalue weighted by Gasteiger charge is -2.03. The number of benzene rings is 2. The number of cyclic esters (lactones) is 2. The number of carboxylic acids is 1. The lowest BCUT2D eigenvalue weighted by Crippen LogP contribution is -2.01. The largest absolute Gasteiger partial charge is 0.508 e. The lowest BCUT2D eigenvalue weighted by atomic mass is 10.0. The first-order chi connectivity index (χ1) is 11.0. The second kappa shape index (κ2) is 7.26. The van der Waals surface area contributed by atoms with Gasteiger partial charge in [0.2, 0.25) is 0 Å². The zero-order valence-electron chi connectivity index (χ0n) is 12.3. The van der Waals surface area contributed by atoms with Crippen LogP contribution in [0.3, 0.4) is 0 Å². The molecule has 2 aromatic rings. The number of aromatic carboxylic acids is 1. The van der Waals surface area contributed by atoms with Crippen molar-refractivity contribution in [3.05, 3.63) is 47.5 Å². The number of carboxylic acid groups (broad SMARTS) is 1. The zero-order chi connectivity index (χ0) is 16.8. The van der Waals surface area contributed by atoms with Gasteiger partial charge in [0.1, 0.15) is 13.2 Å². The number of carbonyl (C=O) groups is 3. The molecule has 7 nitrogen and oxygen atoms in total. The second-order valence-electron chi connectivity index (χ2n) is 4.52. The molecule has 120 valence electrons. The smallest absolute Gasteiger partial charge is 0.478 e. The van der Waals surface area contributed by atoms with Gasteiger partial charge in [-0.25, -0.2) is 14.4 Å². The molecule has 0 bridgehead atoms. The summed E-state index contributed by atoms with van der Waals surface area (Å²) in [7, 11) is 1.32. The standard InChI is InChI=1S/C13H10O4.C3H4O3/c1-17-13(16)11-5-3-8-6-10(12(14)15)4-2-9(8)7-11;4-3-5-1-2-6-3/h2-7H,1H3,(H,14,15);1-2H2. The number of esters is 1. The van der Waals surface area contributed by atoms with E-state index in [0.717, 1.165) is 10.8 Å². The third-order valence-corrected chi connectivity index (χ3v) is 3.03. The third-order valence-electron chi connectivity index (χ3n) is 3.03. The quantitative estimate of drug-likeness (QED) is 0.849. The van der Waals surface area contributed by atoms with Gasteiger partial charge in [-0.15, -0.1) is 0 Å². The molecule has 0 aromatic heterocycles. The Bertz CT molecular complexity index is 743. The second-order valence-corrected chi connectivity index (χ2v) is 4.52. The van der Waals surface area contributed by atoms with Crippen LogP contribution < -0.4 is 0 Å². The van der Waals surface area contributed by atoms with Crippen LogP contribution in [0, 0.1) is 0 Å². The average molecular weight is 318 g/mol. The van der Waals surface area contributed by atoms with Crippen molar-refractivity contribution in [3.63, 3.8) is 0 Å². The van der Waals surface area contributed by atoms with E-state index in [1.165, 1.54) is 13.2 Å². The molecule has 0 saturated carbocycles. The summed E-state index contributed by atoms with van der Waals surface area (Å²) in [6, 6.07) is 9.73. The highest BCUT2D eigenvalue weighted by atomic mass is 16.8. The van der Waals surface area contributed by atoms with Crippen LogP contribution in [0.25, 0.3) is 10.8 Å². The Morgan fingerprint density at radius 2 is 1.52 bits per heavy atom. The first kappa shape index (κ1) is 16.3. The van der Waals surface area contributed by atoms with Crippen LogP contribution in [0.15, 0.2) is 36.4 Å². The van der Waals surface area contributed by atoms with E-state index in [-0.39, 0.29) is 5.56 Å². The summed E-state index contributed by atoms with van der Waals surface area (Å²) in [6.07, 6.45) is -0.546. The fourth-order valence-electron chi connectivity index (χ4n) is 1.92. The van der Waals surface area contributed by atoms with Crippen LogP contribution in [0.1, 0.15) is 20.7 Å². The highest BCUT2D eigenvalue weighted by molar-refractivity contribution is 5.98. The summed E-state index contributed by atoms with van der Waals surface area (Å²) in [6.45, 7) is 0.831. The number of methoxy groups -OCH3 is 1. The van der Waals surface area contributed by atoms with Gasteiger partial charge >= 0.3 is 18.1 Å². The van der Waals surface area contributed by atoms with E-state index in [2.05, 4.69) is 14.2 Å². The Kier molecular flexibility index (Phi) is 5.14. The van der Waals surface area contributed by atoms with Crippen LogP contribution in [0.2, 0.25) is 0 Å². The lowest BCUT2D eigenvalue weighted by molar-refractivity contribution is 0.0600. The number of rotatable bonds is 2. The van der Waals surface area contributed by atoms with Crippen LogP contribution >= 0.6 is 0 Å². The molecule has 1 fully saturated rings. The van der Waals surface area contributed by atoms with Crippen LogP contribution in [-0.2, 0) is 14.2 Å². The van der Waals surface area contributed by atoms with E-state index in [9.17, 15) is 14.4 Å². The van der Waals surface area contributed by atoms with Gasteiger partial charge in [-0.2, -0.15) is 0 Å². The number of ether oxygens (including phenoxy) is 3. The molecule has 1 aliphatic rings. The van der Waals surface area contributed by atoms with Crippen molar-refractivity contribution in [2.24, 2.45) is 0 Å². The summed E-state index contributed by atoms with van der Waals surface area (Å²) in [5, 5.41) is 10.4. The monoisotopic (exact) mass is 318 g/mol. The fourth-order valence-corrected chi connectivity index (χ4v) is 1.92. The van der Waals surface area contributed by atoms with Crippen LogP contribution in [0.5, 0.6) is 0 Å². The maximum Gasteiger partial charge on any atom is 0.508 e. The van der Waals surface area contributed by atoms with Gasteiger partial charge in [0.05, 0.1) is 18.2 Å². The predicted molar refractivity (Wildman–Crippen MR) is 79.5 cm³/mol. The van der Waals surface area contributed by atoms with Crippen molar-refractivity contribution in [1.29, 1.82) is 0 Å². The number of hydrogen-bond donors (Lipinski definition) is 1. The Morgan fingerprint density at radius 3 is 1.96 bits per heavy atom. The minimum Gasteiger partial charge on any atom is -0.478 e. The minimum atomic E-state index is -0.969. The van der Waals surface area contributed by atoms with Gasteiger partial charge in [0.15, 0.2) is 0 Å². The molecule has 1 heterocycles. The van der Waals surface area contributed by atoms with Crippen LogP contribution in [-0.4, -0.2) is 43.5 Å². The fraction of sp³-hybridized carbons (Fsp3) is 0.188. The van der Waals surface area contributed by atoms with E-state index < -0.39 is 18.1 Å². The van der Waals surface area contributed by atoms with Gasteiger partial charge in [0.25, 0.3) is 0 Å². The molecule has 0 atom stereocenters. The molecule has 0 aliphatic carbocycles. The maximum absolute atomic E-state index is 11.3. The van der Waals surface area contributed by atoms with E-state index in [1.54, 1.807) is 30.3 Å². The van der Waals surface area contributed by atoms with Gasteiger partial charge in [-0.1, -0.05) is 12.1 Å². The minimum absolute atomic E-state index is 0.225. The topological polar surface area (TPSA) is 99.1 Å². The maximum atomic E-state index is 11.3. The van der Waals surface area contributed by atoms with Gasteiger partial charge in [-0.05, 0) is 35.0 Å². The summed E-state index contributed by atoms with van der Waals surface area (Å²) in [5.74, 6) is -1.38. The third kappa shape index (κ3) is 4.19. The Balaban J connectivity index is 0.000000268. The molecule has 0 amide bonds. The Hall–Kier alpha value is -3.09. The van der Waals surface area contributed by atoms with Crippen molar-refractivity contribution < 1.29 is 33.7 Å². The molecule has 0 spiro atoms. The molecular weight excluding hydrogens is 304 g/mol. The molecule has 2 aromatic carbocycles.